The molecule has 0 aromatic rings. The summed E-state index contributed by atoms with van der Waals surface area (Å²) in [5.74, 6) is 0. The lowest BCUT2D eigenvalue weighted by atomic mass is 10.5. The third kappa shape index (κ3) is 5.46. The Kier molecular flexibility index (Phi) is 5.46. The molecule has 0 atom stereocenters. The second kappa shape index (κ2) is 5.72. The van der Waals surface area contributed by atoms with E-state index in [0.717, 1.165) is 0 Å². The van der Waals surface area contributed by atoms with Crippen LogP contribution in [0.3, 0.4) is 0 Å². The first-order chi connectivity index (χ1) is 4.31. The van der Waals surface area contributed by atoms with Crippen LogP contribution in [0.15, 0.2) is 12.2 Å². The Bertz CT molecular complexity index is 112. The van der Waals surface area contributed by atoms with Crippen LogP contribution in [0.4, 0.5) is 0 Å². The highest BCUT2D eigenvalue weighted by Gasteiger charge is 1.84. The number of aliphatic hydroxyl groups excluding tert-OH is 1. The van der Waals surface area contributed by atoms with Gasteiger partial charge in [-0.1, -0.05) is 18.3 Å². The largest absolute Gasteiger partial charge is 0.395 e. The first-order valence-electron chi connectivity index (χ1n) is 2.82. The Balaban J connectivity index is 3.27. The quantitative estimate of drug-likeness (QED) is 0.447. The average Bonchev–Trinajstić information content (AvgIpc) is 1.85. The third-order valence-electron chi connectivity index (χ3n) is 0.729. The summed E-state index contributed by atoms with van der Waals surface area (Å²) in [5, 5.41) is 11.2. The maximum absolute atomic E-state index is 8.34. The van der Waals surface area contributed by atoms with Gasteiger partial charge in [0.1, 0.15) is 0 Å². The summed E-state index contributed by atoms with van der Waals surface area (Å²) in [6, 6.07) is 0. The summed E-state index contributed by atoms with van der Waals surface area (Å²) in [5.41, 5.74) is 0. The Morgan fingerprint density at radius 1 is 1.78 bits per heavy atom. The van der Waals surface area contributed by atoms with Crippen molar-refractivity contribution in [3.05, 3.63) is 12.2 Å². The summed E-state index contributed by atoms with van der Waals surface area (Å²) in [4.78, 5) is 0.673. The average molecular weight is 145 g/mol. The number of allylic oxidation sites excluding steroid dienone is 1. The zero-order chi connectivity index (χ0) is 7.11. The molecule has 0 rings (SSSR count). The molecule has 2 N–H and O–H groups in total. The van der Waals surface area contributed by atoms with Gasteiger partial charge in [0.2, 0.25) is 0 Å². The summed E-state index contributed by atoms with van der Waals surface area (Å²) in [6.07, 6.45) is 3.64. The Morgan fingerprint density at radius 2 is 2.44 bits per heavy atom. The van der Waals surface area contributed by atoms with Crippen molar-refractivity contribution in [3.63, 3.8) is 0 Å². The van der Waals surface area contributed by atoms with E-state index in [0.29, 0.717) is 11.5 Å². The molecule has 0 saturated carbocycles. The van der Waals surface area contributed by atoms with Crippen LogP contribution in [0.1, 0.15) is 6.92 Å². The van der Waals surface area contributed by atoms with Crippen LogP contribution in [0.5, 0.6) is 0 Å². The number of aliphatic hydroxyl groups is 1. The van der Waals surface area contributed by atoms with Gasteiger partial charge in [-0.05, 0) is 13.0 Å². The predicted octanol–water partition coefficient (Wildman–Crippen LogP) is 0.472. The van der Waals surface area contributed by atoms with E-state index in [2.05, 4.69) is 5.32 Å². The number of thiocarbonyl (C=S) groups is 1. The maximum Gasteiger partial charge on any atom is 0.0985 e. The van der Waals surface area contributed by atoms with E-state index in [9.17, 15) is 0 Å². The molecule has 0 aliphatic heterocycles. The number of nitrogens with one attached hydrogen (secondary N) is 1. The molecule has 0 amide bonds. The predicted molar refractivity (Wildman–Crippen MR) is 42.5 cm³/mol. The number of rotatable bonds is 3. The fraction of sp³-hybridized carbons (Fsp3) is 0.500. The highest BCUT2D eigenvalue weighted by molar-refractivity contribution is 7.80. The van der Waals surface area contributed by atoms with Gasteiger partial charge < -0.3 is 10.4 Å². The molecule has 0 spiro atoms. The van der Waals surface area contributed by atoms with Crippen LogP contribution in [0.2, 0.25) is 0 Å². The van der Waals surface area contributed by atoms with Crippen molar-refractivity contribution in [1.82, 2.24) is 5.32 Å². The van der Waals surface area contributed by atoms with Crippen LogP contribution in [0.25, 0.3) is 0 Å². The highest BCUT2D eigenvalue weighted by atomic mass is 32.1. The maximum atomic E-state index is 8.34. The molecule has 0 aliphatic carbocycles. The fourth-order valence-corrected chi connectivity index (χ4v) is 0.628. The van der Waals surface area contributed by atoms with Crippen LogP contribution in [-0.4, -0.2) is 23.2 Å². The van der Waals surface area contributed by atoms with Gasteiger partial charge in [0.05, 0.1) is 11.6 Å². The molecule has 0 saturated heterocycles. The third-order valence-corrected chi connectivity index (χ3v) is 1.01. The van der Waals surface area contributed by atoms with E-state index in [1.165, 1.54) is 0 Å². The molecular formula is C6H11NOS. The molecule has 52 valence electrons. The molecule has 0 aliphatic rings. The van der Waals surface area contributed by atoms with Crippen molar-refractivity contribution in [2.75, 3.05) is 13.2 Å². The zero-order valence-electron chi connectivity index (χ0n) is 5.42. The molecule has 0 fully saturated rings. The first-order valence-corrected chi connectivity index (χ1v) is 3.23. The normalized spacial score (nSPS) is 10.0. The minimum Gasteiger partial charge on any atom is -0.395 e. The van der Waals surface area contributed by atoms with Crippen LogP contribution < -0.4 is 5.32 Å². The van der Waals surface area contributed by atoms with Gasteiger partial charge in [-0.15, -0.1) is 0 Å². The van der Waals surface area contributed by atoms with E-state index in [-0.39, 0.29) is 6.61 Å². The second-order valence-corrected chi connectivity index (χ2v) is 1.95. The summed E-state index contributed by atoms with van der Waals surface area (Å²) < 4.78 is 0. The van der Waals surface area contributed by atoms with Gasteiger partial charge in [-0.3, -0.25) is 0 Å². The minimum absolute atomic E-state index is 0.123. The van der Waals surface area contributed by atoms with E-state index in [1.54, 1.807) is 6.08 Å². The Labute approximate surface area is 60.6 Å². The smallest absolute Gasteiger partial charge is 0.0985 e. The van der Waals surface area contributed by atoms with Gasteiger partial charge in [-0.25, -0.2) is 0 Å². The van der Waals surface area contributed by atoms with Crippen LogP contribution in [-0.2, 0) is 0 Å². The van der Waals surface area contributed by atoms with Crippen LogP contribution >= 0.6 is 12.2 Å². The minimum atomic E-state index is 0.123. The molecule has 0 bridgehead atoms. The monoisotopic (exact) mass is 145 g/mol. The van der Waals surface area contributed by atoms with E-state index in [4.69, 9.17) is 17.3 Å². The van der Waals surface area contributed by atoms with Crippen molar-refractivity contribution < 1.29 is 5.11 Å². The van der Waals surface area contributed by atoms with E-state index < -0.39 is 0 Å². The van der Waals surface area contributed by atoms with Crippen molar-refractivity contribution in [2.24, 2.45) is 0 Å². The second-order valence-electron chi connectivity index (χ2n) is 1.51. The lowest BCUT2D eigenvalue weighted by molar-refractivity contribution is 0.301. The molecular weight excluding hydrogens is 134 g/mol. The molecule has 3 heteroatoms. The zero-order valence-corrected chi connectivity index (χ0v) is 6.24. The fourth-order valence-electron chi connectivity index (χ4n) is 0.389. The van der Waals surface area contributed by atoms with E-state index in [1.807, 2.05) is 13.0 Å². The lowest BCUT2D eigenvalue weighted by Gasteiger charge is -1.98. The first kappa shape index (κ1) is 8.59. The summed E-state index contributed by atoms with van der Waals surface area (Å²) in [6.45, 7) is 2.55. The Morgan fingerprint density at radius 3 is 2.89 bits per heavy atom. The van der Waals surface area contributed by atoms with Gasteiger partial charge in [0.15, 0.2) is 0 Å². The molecule has 2 nitrogen and oxygen atoms in total. The van der Waals surface area contributed by atoms with Gasteiger partial charge in [-0.2, -0.15) is 0 Å². The van der Waals surface area contributed by atoms with Crippen molar-refractivity contribution in [3.8, 4) is 0 Å². The van der Waals surface area contributed by atoms with Crippen molar-refractivity contribution >= 4 is 17.2 Å². The van der Waals surface area contributed by atoms with Gasteiger partial charge in [0, 0.05) is 6.54 Å². The van der Waals surface area contributed by atoms with E-state index >= 15 is 0 Å². The molecule has 0 heterocycles. The Hall–Kier alpha value is -0.410. The van der Waals surface area contributed by atoms with Crippen molar-refractivity contribution in [1.29, 1.82) is 0 Å². The van der Waals surface area contributed by atoms with Gasteiger partial charge >= 0.3 is 0 Å². The molecule has 9 heavy (non-hydrogen) atoms. The summed E-state index contributed by atoms with van der Waals surface area (Å²) in [7, 11) is 0. The van der Waals surface area contributed by atoms with Crippen molar-refractivity contribution in [2.45, 2.75) is 6.92 Å². The molecule has 0 aromatic carbocycles. The van der Waals surface area contributed by atoms with Gasteiger partial charge in [0.25, 0.3) is 0 Å². The topological polar surface area (TPSA) is 32.3 Å². The number of hydrogen-bond acceptors (Lipinski definition) is 2. The SMILES string of the molecule is C/C=C/C(=S)NCCO. The standard InChI is InChI=1S/C6H11NOS/c1-2-3-6(9)7-4-5-8/h2-3,8H,4-5H2,1H3,(H,7,9)/b3-2+. The lowest BCUT2D eigenvalue weighted by Crippen LogP contribution is -2.22. The highest BCUT2D eigenvalue weighted by Crippen LogP contribution is 1.74. The van der Waals surface area contributed by atoms with Crippen LogP contribution in [0, 0.1) is 0 Å². The molecule has 0 aromatic heterocycles. The molecule has 0 radical (unpaired) electrons. The molecule has 0 unspecified atom stereocenters. The number of hydrogen-bond donors (Lipinski definition) is 2. The summed E-state index contributed by atoms with van der Waals surface area (Å²) >= 11 is 4.81.